The van der Waals surface area contributed by atoms with Gasteiger partial charge in [-0.1, -0.05) is 23.4 Å². The number of aliphatic hydroxyl groups excluding tert-OH is 1. The van der Waals surface area contributed by atoms with Crippen LogP contribution in [0.15, 0.2) is 30.5 Å². The molecule has 2 aromatic rings. The number of nitro groups is 1. The summed E-state index contributed by atoms with van der Waals surface area (Å²) in [5.41, 5.74) is 1.64. The molecule has 0 aliphatic heterocycles. The summed E-state index contributed by atoms with van der Waals surface area (Å²) in [6.45, 7) is 0.667. The van der Waals surface area contributed by atoms with Crippen molar-refractivity contribution in [2.75, 3.05) is 6.61 Å². The molecule has 7 heteroatoms. The van der Waals surface area contributed by atoms with Crippen molar-refractivity contribution < 1.29 is 10.0 Å². The fraction of sp³-hybridized carbons (Fsp3) is 0.385. The molecule has 0 spiro atoms. The van der Waals surface area contributed by atoms with Gasteiger partial charge in [-0.05, 0) is 19.3 Å². The smallest absolute Gasteiger partial charge is 0.272 e. The van der Waals surface area contributed by atoms with Crippen molar-refractivity contribution in [3.63, 3.8) is 0 Å². The van der Waals surface area contributed by atoms with Crippen LogP contribution in [-0.4, -0.2) is 31.6 Å². The lowest BCUT2D eigenvalue weighted by molar-refractivity contribution is -0.385. The molecule has 0 saturated carbocycles. The molecular weight excluding hydrogens is 260 g/mol. The first-order valence-corrected chi connectivity index (χ1v) is 6.43. The van der Waals surface area contributed by atoms with Gasteiger partial charge < -0.3 is 5.11 Å². The predicted octanol–water partition coefficient (Wildman–Crippen LogP) is 1.35. The molecule has 0 radical (unpaired) electrons. The molecule has 0 saturated heterocycles. The second-order valence-electron chi connectivity index (χ2n) is 4.44. The number of rotatable bonds is 7. The molecule has 7 nitrogen and oxygen atoms in total. The minimum atomic E-state index is -0.372. The quantitative estimate of drug-likeness (QED) is 0.608. The van der Waals surface area contributed by atoms with Crippen molar-refractivity contribution in [2.24, 2.45) is 0 Å². The van der Waals surface area contributed by atoms with Gasteiger partial charge in [-0.2, -0.15) is 0 Å². The Morgan fingerprint density at radius 3 is 2.85 bits per heavy atom. The van der Waals surface area contributed by atoms with Gasteiger partial charge in [-0.3, -0.25) is 14.8 Å². The van der Waals surface area contributed by atoms with Crippen molar-refractivity contribution in [1.29, 1.82) is 0 Å². The Kier molecular flexibility index (Phi) is 4.78. The van der Waals surface area contributed by atoms with E-state index in [2.05, 4.69) is 10.3 Å². The summed E-state index contributed by atoms with van der Waals surface area (Å²) in [6.07, 6.45) is 3.68. The Bertz CT molecular complexity index is 583. The fourth-order valence-corrected chi connectivity index (χ4v) is 1.96. The largest absolute Gasteiger partial charge is 0.396 e. The third-order valence-electron chi connectivity index (χ3n) is 2.98. The van der Waals surface area contributed by atoms with Gasteiger partial charge in [-0.25, -0.2) is 0 Å². The van der Waals surface area contributed by atoms with Crippen molar-refractivity contribution in [3.05, 3.63) is 51.8 Å². The van der Waals surface area contributed by atoms with E-state index in [0.29, 0.717) is 31.4 Å². The molecule has 0 fully saturated rings. The summed E-state index contributed by atoms with van der Waals surface area (Å²) in [5, 5.41) is 27.6. The highest BCUT2D eigenvalue weighted by atomic mass is 16.6. The van der Waals surface area contributed by atoms with E-state index in [1.54, 1.807) is 22.9 Å². The molecule has 1 N–H and O–H groups in total. The van der Waals surface area contributed by atoms with E-state index in [9.17, 15) is 10.1 Å². The van der Waals surface area contributed by atoms with Crippen LogP contribution in [0.5, 0.6) is 0 Å². The number of hydrogen-bond acceptors (Lipinski definition) is 5. The van der Waals surface area contributed by atoms with Crippen molar-refractivity contribution in [2.45, 2.75) is 25.8 Å². The second kappa shape index (κ2) is 6.76. The SMILES string of the molecule is O=[N+]([O-])c1ccccc1CCn1cc(CCCO)nn1. The molecule has 0 bridgehead atoms. The van der Waals surface area contributed by atoms with E-state index in [1.807, 2.05) is 6.20 Å². The van der Waals surface area contributed by atoms with Crippen LogP contribution >= 0.6 is 0 Å². The first-order valence-electron chi connectivity index (χ1n) is 6.43. The summed E-state index contributed by atoms with van der Waals surface area (Å²) >= 11 is 0. The Balaban J connectivity index is 1.98. The van der Waals surface area contributed by atoms with Gasteiger partial charge in [0.05, 0.1) is 10.6 Å². The minimum Gasteiger partial charge on any atom is -0.396 e. The van der Waals surface area contributed by atoms with Crippen LogP contribution in [0, 0.1) is 10.1 Å². The summed E-state index contributed by atoms with van der Waals surface area (Å²) in [4.78, 5) is 10.5. The van der Waals surface area contributed by atoms with Crippen LogP contribution in [0.1, 0.15) is 17.7 Å². The molecule has 0 aliphatic carbocycles. The van der Waals surface area contributed by atoms with Gasteiger partial charge in [0, 0.05) is 31.0 Å². The third-order valence-corrected chi connectivity index (χ3v) is 2.98. The van der Waals surface area contributed by atoms with E-state index in [0.717, 1.165) is 5.69 Å². The standard InChI is InChI=1S/C13H16N4O3/c18-9-3-5-12-10-16(15-14-12)8-7-11-4-1-2-6-13(11)17(19)20/h1-2,4,6,10,18H,3,5,7-9H2. The molecule has 106 valence electrons. The number of benzene rings is 1. The van der Waals surface area contributed by atoms with Crippen LogP contribution in [-0.2, 0) is 19.4 Å². The molecule has 0 aliphatic rings. The maximum atomic E-state index is 10.9. The van der Waals surface area contributed by atoms with Gasteiger partial charge in [0.2, 0.25) is 0 Å². The number of nitro benzene ring substituents is 1. The first-order chi connectivity index (χ1) is 9.70. The zero-order chi connectivity index (χ0) is 14.4. The topological polar surface area (TPSA) is 94.1 Å². The lowest BCUT2D eigenvalue weighted by Gasteiger charge is -2.02. The first kappa shape index (κ1) is 14.1. The van der Waals surface area contributed by atoms with Gasteiger partial charge in [0.15, 0.2) is 0 Å². The highest BCUT2D eigenvalue weighted by Gasteiger charge is 2.12. The number of aromatic nitrogens is 3. The Labute approximate surface area is 116 Å². The summed E-state index contributed by atoms with van der Waals surface area (Å²) in [7, 11) is 0. The van der Waals surface area contributed by atoms with Gasteiger partial charge >= 0.3 is 0 Å². The van der Waals surface area contributed by atoms with Crippen LogP contribution < -0.4 is 0 Å². The maximum absolute atomic E-state index is 10.9. The summed E-state index contributed by atoms with van der Waals surface area (Å²) in [5.74, 6) is 0. The highest BCUT2D eigenvalue weighted by molar-refractivity contribution is 5.39. The molecule has 1 aromatic heterocycles. The van der Waals surface area contributed by atoms with Gasteiger partial charge in [-0.15, -0.1) is 5.10 Å². The van der Waals surface area contributed by atoms with E-state index >= 15 is 0 Å². The fourth-order valence-electron chi connectivity index (χ4n) is 1.96. The lowest BCUT2D eigenvalue weighted by Crippen LogP contribution is -2.04. The zero-order valence-electron chi connectivity index (χ0n) is 11.0. The Morgan fingerprint density at radius 2 is 2.10 bits per heavy atom. The highest BCUT2D eigenvalue weighted by Crippen LogP contribution is 2.18. The molecule has 1 heterocycles. The molecule has 0 amide bonds. The number of para-hydroxylation sites is 1. The van der Waals surface area contributed by atoms with Crippen LogP contribution in [0.4, 0.5) is 5.69 Å². The predicted molar refractivity (Wildman–Crippen MR) is 72.2 cm³/mol. The third kappa shape index (κ3) is 3.61. The minimum absolute atomic E-state index is 0.128. The number of hydrogen-bond donors (Lipinski definition) is 1. The van der Waals surface area contributed by atoms with Crippen molar-refractivity contribution in [3.8, 4) is 0 Å². The maximum Gasteiger partial charge on any atom is 0.272 e. The average Bonchev–Trinajstić information content (AvgIpc) is 2.91. The normalized spacial score (nSPS) is 10.7. The Hall–Kier alpha value is -2.28. The molecule has 1 aromatic carbocycles. The van der Waals surface area contributed by atoms with E-state index in [-0.39, 0.29) is 17.2 Å². The molecule has 0 atom stereocenters. The van der Waals surface area contributed by atoms with Crippen LogP contribution in [0.3, 0.4) is 0 Å². The number of aliphatic hydroxyl groups is 1. The van der Waals surface area contributed by atoms with Gasteiger partial charge in [0.1, 0.15) is 0 Å². The molecule has 2 rings (SSSR count). The molecule has 20 heavy (non-hydrogen) atoms. The Morgan fingerprint density at radius 1 is 1.30 bits per heavy atom. The van der Waals surface area contributed by atoms with E-state index < -0.39 is 0 Å². The summed E-state index contributed by atoms with van der Waals surface area (Å²) in [6, 6.07) is 6.70. The monoisotopic (exact) mass is 276 g/mol. The van der Waals surface area contributed by atoms with Crippen molar-refractivity contribution >= 4 is 5.69 Å². The average molecular weight is 276 g/mol. The van der Waals surface area contributed by atoms with Crippen molar-refractivity contribution in [1.82, 2.24) is 15.0 Å². The van der Waals surface area contributed by atoms with E-state index in [1.165, 1.54) is 6.07 Å². The summed E-state index contributed by atoms with van der Waals surface area (Å²) < 4.78 is 1.67. The van der Waals surface area contributed by atoms with E-state index in [4.69, 9.17) is 5.11 Å². The number of nitrogens with zero attached hydrogens (tertiary/aromatic N) is 4. The lowest BCUT2D eigenvalue weighted by atomic mass is 10.1. The number of aryl methyl sites for hydroxylation is 3. The second-order valence-corrected chi connectivity index (χ2v) is 4.44. The van der Waals surface area contributed by atoms with Gasteiger partial charge in [0.25, 0.3) is 5.69 Å². The molecule has 0 unspecified atom stereocenters. The zero-order valence-corrected chi connectivity index (χ0v) is 11.0. The van der Waals surface area contributed by atoms with Crippen LogP contribution in [0.25, 0.3) is 0 Å². The molecular formula is C13H16N4O3. The van der Waals surface area contributed by atoms with Crippen LogP contribution in [0.2, 0.25) is 0 Å².